The molecule has 0 aliphatic rings. The van der Waals surface area contributed by atoms with Crippen molar-refractivity contribution in [2.75, 3.05) is 25.5 Å². The van der Waals surface area contributed by atoms with Crippen molar-refractivity contribution in [3.63, 3.8) is 0 Å². The Morgan fingerprint density at radius 3 is 2.54 bits per heavy atom. The van der Waals surface area contributed by atoms with E-state index in [1.54, 1.807) is 13.1 Å². The number of nitrogens with one attached hydrogen (secondary N) is 3. The number of carbonyl (C=O) groups is 1. The third-order valence-electron chi connectivity index (χ3n) is 3.97. The topological polar surface area (TPSA) is 96.2 Å². The molecule has 9 heteroatoms. The van der Waals surface area contributed by atoms with Gasteiger partial charge in [0.2, 0.25) is 5.91 Å². The van der Waals surface area contributed by atoms with Gasteiger partial charge in [-0.1, -0.05) is 6.07 Å². The number of guanidine groups is 1. The van der Waals surface area contributed by atoms with Crippen LogP contribution in [-0.2, 0) is 11.3 Å². The second-order valence-electron chi connectivity index (χ2n) is 6.39. The first kappa shape index (κ1) is 23.9. The molecule has 0 aliphatic heterocycles. The number of hydrogen-bond donors (Lipinski definition) is 3. The number of amides is 1. The third kappa shape index (κ3) is 8.24. The van der Waals surface area contributed by atoms with Gasteiger partial charge in [0.15, 0.2) is 5.96 Å². The van der Waals surface area contributed by atoms with Crippen molar-refractivity contribution in [2.45, 2.75) is 40.2 Å². The van der Waals surface area contributed by atoms with E-state index in [0.29, 0.717) is 24.7 Å². The molecule has 0 fully saturated rings. The van der Waals surface area contributed by atoms with Crippen LogP contribution in [0.4, 0.5) is 5.82 Å². The van der Waals surface area contributed by atoms with Crippen LogP contribution in [0.25, 0.3) is 0 Å². The molecule has 1 amide bonds. The van der Waals surface area contributed by atoms with E-state index >= 15 is 0 Å². The molecule has 0 spiro atoms. The van der Waals surface area contributed by atoms with E-state index in [1.165, 1.54) is 5.69 Å². The van der Waals surface area contributed by atoms with Crippen molar-refractivity contribution >= 4 is 41.7 Å². The number of nitrogens with zero attached hydrogens (tertiary/aromatic N) is 4. The molecule has 2 rings (SSSR count). The molecule has 0 aliphatic carbocycles. The molecule has 0 bridgehead atoms. The quantitative estimate of drug-likeness (QED) is 0.225. The van der Waals surface area contributed by atoms with Crippen LogP contribution in [0, 0.1) is 20.8 Å². The molecule has 3 N–H and O–H groups in total. The fourth-order valence-corrected chi connectivity index (χ4v) is 2.67. The summed E-state index contributed by atoms with van der Waals surface area (Å²) in [6.07, 6.45) is 1.27. The van der Waals surface area contributed by atoms with Gasteiger partial charge in [0.1, 0.15) is 5.82 Å². The maximum absolute atomic E-state index is 12.0. The number of carbonyl (C=O) groups excluding carboxylic acids is 1. The van der Waals surface area contributed by atoms with E-state index in [4.69, 9.17) is 0 Å². The summed E-state index contributed by atoms with van der Waals surface area (Å²) in [5, 5.41) is 13.6. The summed E-state index contributed by atoms with van der Waals surface area (Å²) < 4.78 is 2.01. The zero-order valence-electron chi connectivity index (χ0n) is 17.0. The third-order valence-corrected chi connectivity index (χ3v) is 3.97. The minimum absolute atomic E-state index is 0. The Kier molecular flexibility index (Phi) is 10.5. The molecule has 0 atom stereocenters. The summed E-state index contributed by atoms with van der Waals surface area (Å²) in [5.74, 6) is 1.18. The van der Waals surface area contributed by atoms with E-state index in [-0.39, 0.29) is 29.9 Å². The maximum atomic E-state index is 12.0. The molecular weight excluding hydrogens is 469 g/mol. The van der Waals surface area contributed by atoms with Gasteiger partial charge in [0.25, 0.3) is 0 Å². The normalized spacial score (nSPS) is 10.9. The first-order valence-corrected chi connectivity index (χ1v) is 9.17. The van der Waals surface area contributed by atoms with Crippen LogP contribution in [-0.4, -0.2) is 46.8 Å². The highest BCUT2D eigenvalue weighted by molar-refractivity contribution is 14.0. The van der Waals surface area contributed by atoms with Crippen LogP contribution in [0.1, 0.15) is 29.9 Å². The molecule has 0 saturated heterocycles. The zero-order valence-corrected chi connectivity index (χ0v) is 19.3. The highest BCUT2D eigenvalue weighted by Crippen LogP contribution is 2.04. The van der Waals surface area contributed by atoms with Gasteiger partial charge in [-0.3, -0.25) is 14.5 Å². The Labute approximate surface area is 183 Å². The van der Waals surface area contributed by atoms with Gasteiger partial charge in [0, 0.05) is 44.5 Å². The summed E-state index contributed by atoms with van der Waals surface area (Å²) in [7, 11) is 1.72. The molecule has 0 aromatic carbocycles. The number of aryl methyl sites for hydroxylation is 4. The lowest BCUT2D eigenvalue weighted by Gasteiger charge is -2.12. The number of aliphatic imine (C=N–C) groups is 1. The molecule has 0 radical (unpaired) electrons. The van der Waals surface area contributed by atoms with Crippen molar-refractivity contribution in [1.82, 2.24) is 25.4 Å². The van der Waals surface area contributed by atoms with E-state index in [1.807, 2.05) is 30.7 Å². The van der Waals surface area contributed by atoms with Crippen LogP contribution in [0.3, 0.4) is 0 Å². The van der Waals surface area contributed by atoms with Gasteiger partial charge >= 0.3 is 0 Å². The molecule has 0 unspecified atom stereocenters. The molecule has 2 aromatic rings. The van der Waals surface area contributed by atoms with Crippen molar-refractivity contribution < 1.29 is 4.79 Å². The Balaban J connectivity index is 0.00000392. The lowest BCUT2D eigenvalue weighted by molar-refractivity contribution is -0.116. The monoisotopic (exact) mass is 499 g/mol. The minimum atomic E-state index is -0.0828. The first-order valence-electron chi connectivity index (χ1n) is 9.17. The SMILES string of the molecule is CN=C(NCCCn1nc(C)cc1C)NCCC(=O)Nc1cccc(C)n1.I. The largest absolute Gasteiger partial charge is 0.356 e. The van der Waals surface area contributed by atoms with Gasteiger partial charge in [-0.15, -0.1) is 24.0 Å². The minimum Gasteiger partial charge on any atom is -0.356 e. The second-order valence-corrected chi connectivity index (χ2v) is 6.39. The van der Waals surface area contributed by atoms with Crippen molar-refractivity contribution in [3.05, 3.63) is 41.3 Å². The summed E-state index contributed by atoms with van der Waals surface area (Å²) in [6.45, 7) is 8.08. The standard InChI is InChI=1S/C19H29N7O.HI/c1-14-7-5-8-17(23-14)24-18(27)9-11-22-19(20-4)21-10-6-12-26-16(3)13-15(2)25-26;/h5,7-8,13H,6,9-12H2,1-4H3,(H2,20,21,22)(H,23,24,27);1H. The average molecular weight is 499 g/mol. The fourth-order valence-electron chi connectivity index (χ4n) is 2.67. The fraction of sp³-hybridized carbons (Fsp3) is 0.474. The number of rotatable bonds is 8. The van der Waals surface area contributed by atoms with Crippen LogP contribution < -0.4 is 16.0 Å². The first-order chi connectivity index (χ1) is 13.0. The van der Waals surface area contributed by atoms with E-state index < -0.39 is 0 Å². The molecular formula is C19H30IN7O. The maximum Gasteiger partial charge on any atom is 0.227 e. The van der Waals surface area contributed by atoms with E-state index in [0.717, 1.165) is 30.9 Å². The van der Waals surface area contributed by atoms with Gasteiger partial charge < -0.3 is 16.0 Å². The average Bonchev–Trinajstić information content (AvgIpc) is 2.94. The van der Waals surface area contributed by atoms with Gasteiger partial charge in [-0.25, -0.2) is 4.98 Å². The Morgan fingerprint density at radius 2 is 1.89 bits per heavy atom. The van der Waals surface area contributed by atoms with Crippen LogP contribution in [0.5, 0.6) is 0 Å². The molecule has 2 aromatic heterocycles. The number of hydrogen-bond acceptors (Lipinski definition) is 4. The Hall–Kier alpha value is -2.17. The van der Waals surface area contributed by atoms with Crippen molar-refractivity contribution in [2.24, 2.45) is 4.99 Å². The van der Waals surface area contributed by atoms with E-state index in [9.17, 15) is 4.79 Å². The van der Waals surface area contributed by atoms with Crippen LogP contribution in [0.2, 0.25) is 0 Å². The molecule has 2 heterocycles. The van der Waals surface area contributed by atoms with E-state index in [2.05, 4.69) is 44.0 Å². The number of anilines is 1. The lowest BCUT2D eigenvalue weighted by Crippen LogP contribution is -2.39. The summed E-state index contributed by atoms with van der Waals surface area (Å²) >= 11 is 0. The smallest absolute Gasteiger partial charge is 0.227 e. The predicted molar refractivity (Wildman–Crippen MR) is 123 cm³/mol. The summed E-state index contributed by atoms with van der Waals surface area (Å²) in [5.41, 5.74) is 3.08. The summed E-state index contributed by atoms with van der Waals surface area (Å²) in [4.78, 5) is 20.4. The summed E-state index contributed by atoms with van der Waals surface area (Å²) in [6, 6.07) is 7.61. The highest BCUT2D eigenvalue weighted by atomic mass is 127. The highest BCUT2D eigenvalue weighted by Gasteiger charge is 2.05. The van der Waals surface area contributed by atoms with Gasteiger partial charge in [-0.05, 0) is 45.4 Å². The molecule has 154 valence electrons. The van der Waals surface area contributed by atoms with Crippen molar-refractivity contribution in [1.29, 1.82) is 0 Å². The Bertz CT molecular complexity index is 788. The Morgan fingerprint density at radius 1 is 1.14 bits per heavy atom. The molecule has 0 saturated carbocycles. The van der Waals surface area contributed by atoms with Crippen LogP contribution in [0.15, 0.2) is 29.3 Å². The molecule has 28 heavy (non-hydrogen) atoms. The van der Waals surface area contributed by atoms with Gasteiger partial charge in [-0.2, -0.15) is 5.10 Å². The zero-order chi connectivity index (χ0) is 19.6. The predicted octanol–water partition coefficient (Wildman–Crippen LogP) is 2.41. The lowest BCUT2D eigenvalue weighted by atomic mass is 10.3. The van der Waals surface area contributed by atoms with Crippen LogP contribution >= 0.6 is 24.0 Å². The number of halogens is 1. The number of aromatic nitrogens is 3. The van der Waals surface area contributed by atoms with Crippen molar-refractivity contribution in [3.8, 4) is 0 Å². The van der Waals surface area contributed by atoms with Gasteiger partial charge in [0.05, 0.1) is 5.69 Å². The second kappa shape index (κ2) is 12.3. The number of pyridine rings is 1. The molecule has 8 nitrogen and oxygen atoms in total.